The molecule has 0 aromatic heterocycles. The molecule has 3 aromatic carbocycles. The zero-order valence-electron chi connectivity index (χ0n) is 22.6. The number of anilines is 1. The van der Waals surface area contributed by atoms with E-state index in [1.165, 1.54) is 18.2 Å². The first-order chi connectivity index (χ1) is 20.2. The summed E-state index contributed by atoms with van der Waals surface area (Å²) in [4.78, 5) is 25.9. The SMILES string of the molecule is C[C@@H](N)CNC(=O)C[C@H](NC(=O)c1ccc2c(c1)N(S(=O)(=O)c1ccc(F)cc1)CCO2)c1cc(C(F)(F)F)ccc1Cl. The molecule has 4 N–H and O–H groups in total. The second-order valence-electron chi connectivity index (χ2n) is 9.81. The Hall–Kier alpha value is -3.88. The Bertz CT molecular complexity index is 1620. The normalized spacial score (nSPS) is 14.7. The predicted molar refractivity (Wildman–Crippen MR) is 151 cm³/mol. The average molecular weight is 643 g/mol. The van der Waals surface area contributed by atoms with Crippen LogP contribution in [0.25, 0.3) is 0 Å². The molecule has 1 aliphatic rings. The Labute approximate surface area is 250 Å². The molecule has 3 aromatic rings. The third-order valence-electron chi connectivity index (χ3n) is 6.46. The highest BCUT2D eigenvalue weighted by molar-refractivity contribution is 7.92. The van der Waals surface area contributed by atoms with Crippen LogP contribution in [0.3, 0.4) is 0 Å². The van der Waals surface area contributed by atoms with Crippen LogP contribution < -0.4 is 25.4 Å². The van der Waals surface area contributed by atoms with Gasteiger partial charge in [0, 0.05) is 23.2 Å². The van der Waals surface area contributed by atoms with Crippen molar-refractivity contribution < 1.29 is 40.3 Å². The zero-order chi connectivity index (χ0) is 31.5. The predicted octanol–water partition coefficient (Wildman–Crippen LogP) is 4.41. The molecule has 1 heterocycles. The number of nitrogens with two attached hydrogens (primary N) is 1. The van der Waals surface area contributed by atoms with E-state index in [-0.39, 0.29) is 52.2 Å². The van der Waals surface area contributed by atoms with Crippen molar-refractivity contribution >= 4 is 39.1 Å². The van der Waals surface area contributed by atoms with Gasteiger partial charge in [-0.2, -0.15) is 13.2 Å². The molecular formula is C28H27ClF4N4O5S. The molecule has 9 nitrogen and oxygen atoms in total. The Morgan fingerprint density at radius 1 is 1.09 bits per heavy atom. The van der Waals surface area contributed by atoms with Crippen molar-refractivity contribution in [3.8, 4) is 5.75 Å². The first-order valence-electron chi connectivity index (χ1n) is 12.9. The second-order valence-corrected chi connectivity index (χ2v) is 12.1. The number of benzene rings is 3. The molecule has 0 saturated carbocycles. The third kappa shape index (κ3) is 7.56. The number of rotatable bonds is 9. The maximum absolute atomic E-state index is 13.5. The molecule has 15 heteroatoms. The fourth-order valence-corrected chi connectivity index (χ4v) is 6.02. The number of carbonyl (C=O) groups is 2. The first-order valence-corrected chi connectivity index (χ1v) is 14.7. The van der Waals surface area contributed by atoms with Gasteiger partial charge in [-0.3, -0.25) is 13.9 Å². The van der Waals surface area contributed by atoms with Crippen LogP contribution in [0.5, 0.6) is 5.75 Å². The molecule has 0 unspecified atom stereocenters. The summed E-state index contributed by atoms with van der Waals surface area (Å²) in [6.45, 7) is 1.62. The van der Waals surface area contributed by atoms with Gasteiger partial charge in [0.05, 0.1) is 35.2 Å². The van der Waals surface area contributed by atoms with Gasteiger partial charge in [0.1, 0.15) is 18.2 Å². The van der Waals surface area contributed by atoms with Crippen LogP contribution >= 0.6 is 11.6 Å². The molecule has 43 heavy (non-hydrogen) atoms. The van der Waals surface area contributed by atoms with Crippen molar-refractivity contribution in [2.24, 2.45) is 5.73 Å². The number of alkyl halides is 3. The van der Waals surface area contributed by atoms with Crippen LogP contribution in [0, 0.1) is 5.82 Å². The van der Waals surface area contributed by atoms with E-state index in [1.54, 1.807) is 6.92 Å². The van der Waals surface area contributed by atoms with Crippen LogP contribution in [0.2, 0.25) is 5.02 Å². The largest absolute Gasteiger partial charge is 0.489 e. The fourth-order valence-electron chi connectivity index (χ4n) is 4.32. The Morgan fingerprint density at radius 3 is 2.44 bits per heavy atom. The van der Waals surface area contributed by atoms with Crippen molar-refractivity contribution in [3.63, 3.8) is 0 Å². The molecule has 0 saturated heterocycles. The number of amides is 2. The number of ether oxygens (including phenoxy) is 1. The summed E-state index contributed by atoms with van der Waals surface area (Å²) < 4.78 is 87.2. The van der Waals surface area contributed by atoms with Crippen LogP contribution in [0.15, 0.2) is 65.6 Å². The Balaban J connectivity index is 1.67. The standard InChI is InChI=1S/C28H27ClF4N4O5S/c1-16(34)15-35-26(38)14-23(21-13-18(28(31,32)33)3-8-22(21)29)36-27(39)17-2-9-25-24(12-17)37(10-11-42-25)43(40,41)20-6-4-19(30)5-7-20/h2-9,12-13,16,23H,10-11,14-15,34H2,1H3,(H,35,38)(H,36,39)/t16-,23+/m1/s1. The van der Waals surface area contributed by atoms with Crippen LogP contribution in [0.1, 0.15) is 40.9 Å². The van der Waals surface area contributed by atoms with Crippen molar-refractivity contribution in [1.29, 1.82) is 0 Å². The van der Waals surface area contributed by atoms with E-state index in [0.29, 0.717) is 0 Å². The molecule has 0 fully saturated rings. The summed E-state index contributed by atoms with van der Waals surface area (Å²) in [5.41, 5.74) is 4.43. The van der Waals surface area contributed by atoms with Gasteiger partial charge in [0.15, 0.2) is 0 Å². The Morgan fingerprint density at radius 2 is 1.79 bits per heavy atom. The molecular weight excluding hydrogens is 616 g/mol. The van der Waals surface area contributed by atoms with Crippen LogP contribution in [-0.4, -0.2) is 46.0 Å². The minimum Gasteiger partial charge on any atom is -0.489 e. The number of halogens is 5. The Kier molecular flexibility index (Phi) is 9.52. The number of fused-ring (bicyclic) bond motifs is 1. The quantitative estimate of drug-likeness (QED) is 0.297. The number of sulfonamides is 1. The van der Waals surface area contributed by atoms with Crippen molar-refractivity contribution in [2.45, 2.75) is 36.5 Å². The molecule has 1 aliphatic heterocycles. The summed E-state index contributed by atoms with van der Waals surface area (Å²) >= 11 is 6.23. The van der Waals surface area contributed by atoms with E-state index in [0.717, 1.165) is 46.8 Å². The number of carbonyl (C=O) groups excluding carboxylic acids is 2. The smallest absolute Gasteiger partial charge is 0.416 e. The summed E-state index contributed by atoms with van der Waals surface area (Å²) in [6.07, 6.45) is -5.19. The molecule has 4 rings (SSSR count). The molecule has 0 aliphatic carbocycles. The van der Waals surface area contributed by atoms with Gasteiger partial charge in [0.25, 0.3) is 15.9 Å². The molecule has 2 atom stereocenters. The van der Waals surface area contributed by atoms with Gasteiger partial charge in [-0.25, -0.2) is 12.8 Å². The number of hydrogen-bond donors (Lipinski definition) is 3. The highest BCUT2D eigenvalue weighted by Crippen LogP contribution is 2.37. The summed E-state index contributed by atoms with van der Waals surface area (Å²) in [7, 11) is -4.19. The molecule has 230 valence electrons. The van der Waals surface area contributed by atoms with E-state index in [9.17, 15) is 35.6 Å². The van der Waals surface area contributed by atoms with E-state index in [1.807, 2.05) is 0 Å². The molecule has 0 bridgehead atoms. The number of nitrogens with zero attached hydrogens (tertiary/aromatic N) is 1. The summed E-state index contributed by atoms with van der Waals surface area (Å²) in [6, 6.07) is 9.02. The minimum absolute atomic E-state index is 0.00557. The van der Waals surface area contributed by atoms with Crippen molar-refractivity contribution in [1.82, 2.24) is 10.6 Å². The van der Waals surface area contributed by atoms with E-state index in [2.05, 4.69) is 10.6 Å². The monoisotopic (exact) mass is 642 g/mol. The highest BCUT2D eigenvalue weighted by atomic mass is 35.5. The zero-order valence-corrected chi connectivity index (χ0v) is 24.2. The van der Waals surface area contributed by atoms with Gasteiger partial charge in [-0.1, -0.05) is 11.6 Å². The molecule has 2 amide bonds. The summed E-state index contributed by atoms with van der Waals surface area (Å²) in [5, 5.41) is 4.98. The van der Waals surface area contributed by atoms with Crippen molar-refractivity contribution in [2.75, 3.05) is 24.0 Å². The summed E-state index contributed by atoms with van der Waals surface area (Å²) in [5.74, 6) is -1.90. The van der Waals surface area contributed by atoms with Gasteiger partial charge < -0.3 is 21.1 Å². The van der Waals surface area contributed by atoms with Gasteiger partial charge in [-0.15, -0.1) is 0 Å². The maximum Gasteiger partial charge on any atom is 0.416 e. The molecule has 0 spiro atoms. The second kappa shape index (κ2) is 12.8. The third-order valence-corrected chi connectivity index (χ3v) is 8.63. The first kappa shape index (κ1) is 32.0. The van der Waals surface area contributed by atoms with E-state index >= 15 is 0 Å². The topological polar surface area (TPSA) is 131 Å². The number of nitrogens with one attached hydrogen (secondary N) is 2. The van der Waals surface area contributed by atoms with Gasteiger partial charge in [-0.05, 0) is 73.2 Å². The van der Waals surface area contributed by atoms with E-state index < -0.39 is 57.9 Å². The van der Waals surface area contributed by atoms with Crippen LogP contribution in [-0.2, 0) is 21.0 Å². The fraction of sp³-hybridized carbons (Fsp3) is 0.286. The average Bonchev–Trinajstić information content (AvgIpc) is 2.95. The lowest BCUT2D eigenvalue weighted by atomic mass is 9.99. The van der Waals surface area contributed by atoms with E-state index in [4.69, 9.17) is 22.1 Å². The van der Waals surface area contributed by atoms with Crippen molar-refractivity contribution in [3.05, 3.63) is 88.2 Å². The maximum atomic E-state index is 13.5. The lowest BCUT2D eigenvalue weighted by molar-refractivity contribution is -0.137. The van der Waals surface area contributed by atoms with Crippen LogP contribution in [0.4, 0.5) is 23.2 Å². The number of hydrogen-bond acceptors (Lipinski definition) is 6. The molecule has 0 radical (unpaired) electrons. The minimum atomic E-state index is -4.72. The lowest BCUT2D eigenvalue weighted by Gasteiger charge is -2.31. The lowest BCUT2D eigenvalue weighted by Crippen LogP contribution is -2.39. The van der Waals surface area contributed by atoms with Gasteiger partial charge >= 0.3 is 6.18 Å². The highest BCUT2D eigenvalue weighted by Gasteiger charge is 2.34. The van der Waals surface area contributed by atoms with Gasteiger partial charge in [0.2, 0.25) is 5.91 Å².